The van der Waals surface area contributed by atoms with E-state index in [1.54, 1.807) is 24.3 Å². The molecule has 0 amide bonds. The minimum absolute atomic E-state index is 0.0824. The fourth-order valence-corrected chi connectivity index (χ4v) is 5.79. The molecule has 1 aliphatic heterocycles. The van der Waals surface area contributed by atoms with Gasteiger partial charge in [0.25, 0.3) is 0 Å². The van der Waals surface area contributed by atoms with Gasteiger partial charge in [-0.1, -0.05) is 49.4 Å². The first kappa shape index (κ1) is 17.7. The van der Waals surface area contributed by atoms with Crippen molar-refractivity contribution in [1.82, 2.24) is 4.72 Å². The van der Waals surface area contributed by atoms with Crippen LogP contribution in [0.4, 0.5) is 0 Å². The van der Waals surface area contributed by atoms with Gasteiger partial charge in [0.05, 0.1) is 24.0 Å². The third kappa shape index (κ3) is 3.43. The molecule has 0 radical (unpaired) electrons. The minimum Gasteiger partial charge on any atom is -0.327 e. The Balaban J connectivity index is 1.62. The Labute approximate surface area is 156 Å². The van der Waals surface area contributed by atoms with Gasteiger partial charge in [-0.05, 0) is 42.9 Å². The highest BCUT2D eigenvalue weighted by Gasteiger charge is 2.42. The lowest BCUT2D eigenvalue weighted by Gasteiger charge is -2.35. The summed E-state index contributed by atoms with van der Waals surface area (Å²) in [6, 6.07) is 17.3. The summed E-state index contributed by atoms with van der Waals surface area (Å²) in [4.78, 5) is 1.87. The van der Waals surface area contributed by atoms with E-state index in [0.29, 0.717) is 4.90 Å². The number of rotatable bonds is 4. The zero-order valence-electron chi connectivity index (χ0n) is 15.2. The van der Waals surface area contributed by atoms with Crippen LogP contribution in [0.25, 0.3) is 0 Å². The number of piperidine rings is 1. The summed E-state index contributed by atoms with van der Waals surface area (Å²) in [5.74, 6) is 0.773. The van der Waals surface area contributed by atoms with E-state index >= 15 is 0 Å². The first-order valence-corrected chi connectivity index (χ1v) is 11.0. The van der Waals surface area contributed by atoms with Crippen LogP contribution >= 0.6 is 0 Å². The Morgan fingerprint density at radius 2 is 1.62 bits per heavy atom. The molecule has 26 heavy (non-hydrogen) atoms. The Bertz CT molecular complexity index is 859. The Morgan fingerprint density at radius 1 is 0.962 bits per heavy atom. The number of quaternary nitrogens is 1. The van der Waals surface area contributed by atoms with E-state index < -0.39 is 10.0 Å². The van der Waals surface area contributed by atoms with Gasteiger partial charge in [-0.15, -0.1) is 0 Å². The lowest BCUT2D eigenvalue weighted by molar-refractivity contribution is -0.938. The largest absolute Gasteiger partial charge is 0.327 e. The van der Waals surface area contributed by atoms with Gasteiger partial charge in [0.1, 0.15) is 6.04 Å². The molecule has 4 nitrogen and oxygen atoms in total. The van der Waals surface area contributed by atoms with Crippen molar-refractivity contribution >= 4 is 10.0 Å². The maximum Gasteiger partial charge on any atom is 0.241 e. The van der Waals surface area contributed by atoms with Gasteiger partial charge in [0.15, 0.2) is 0 Å². The Morgan fingerprint density at radius 3 is 2.35 bits per heavy atom. The maximum absolute atomic E-state index is 12.9. The van der Waals surface area contributed by atoms with Gasteiger partial charge < -0.3 is 4.90 Å². The molecular formula is C21H27N2O2S+. The number of hydrogen-bond acceptors (Lipinski definition) is 2. The van der Waals surface area contributed by atoms with Crippen LogP contribution in [-0.2, 0) is 16.4 Å². The van der Waals surface area contributed by atoms with E-state index in [4.69, 9.17) is 0 Å². The fraction of sp³-hybridized carbons (Fsp3) is 0.429. The number of benzene rings is 2. The summed E-state index contributed by atoms with van der Waals surface area (Å²) >= 11 is 0. The van der Waals surface area contributed by atoms with Crippen LogP contribution < -0.4 is 9.62 Å². The normalized spacial score (nSPS) is 28.7. The highest BCUT2D eigenvalue weighted by molar-refractivity contribution is 7.89. The highest BCUT2D eigenvalue weighted by atomic mass is 32.2. The number of likely N-dealkylation sites (tertiary alicyclic amines) is 1. The van der Waals surface area contributed by atoms with Crippen molar-refractivity contribution in [2.24, 2.45) is 5.92 Å². The second-order valence-electron chi connectivity index (χ2n) is 7.76. The van der Waals surface area contributed by atoms with Crippen molar-refractivity contribution in [2.75, 3.05) is 13.1 Å². The van der Waals surface area contributed by atoms with Crippen LogP contribution in [0.15, 0.2) is 59.5 Å². The van der Waals surface area contributed by atoms with Gasteiger partial charge in [0, 0.05) is 5.56 Å². The standard InChI is InChI=1S/C21H26N2O2S/c1-16-11-13-23(14-12-16)21-19-10-6-5-7-17(19)15-20(21)22-26(24,25)18-8-3-2-4-9-18/h2-10,16,20-22H,11-15H2,1H3/p+1/t20-,21+/m0/s1. The van der Waals surface area contributed by atoms with Gasteiger partial charge >= 0.3 is 0 Å². The highest BCUT2D eigenvalue weighted by Crippen LogP contribution is 2.31. The zero-order chi connectivity index (χ0) is 18.1. The average Bonchev–Trinajstić information content (AvgIpc) is 3.00. The molecule has 1 aliphatic carbocycles. The fourth-order valence-electron chi connectivity index (χ4n) is 4.52. The molecule has 1 fully saturated rings. The molecule has 0 bridgehead atoms. The van der Waals surface area contributed by atoms with Crippen LogP contribution in [0.5, 0.6) is 0 Å². The summed E-state index contributed by atoms with van der Waals surface area (Å²) in [5.41, 5.74) is 2.60. The number of sulfonamides is 1. The summed E-state index contributed by atoms with van der Waals surface area (Å²) in [6.07, 6.45) is 3.20. The smallest absolute Gasteiger partial charge is 0.241 e. The molecule has 2 aromatic carbocycles. The summed E-state index contributed by atoms with van der Waals surface area (Å²) in [5, 5.41) is 0. The first-order valence-electron chi connectivity index (χ1n) is 9.54. The summed E-state index contributed by atoms with van der Waals surface area (Å²) in [6.45, 7) is 4.54. The van der Waals surface area contributed by atoms with E-state index in [-0.39, 0.29) is 12.1 Å². The third-order valence-electron chi connectivity index (χ3n) is 5.95. The molecule has 2 aliphatic rings. The molecule has 1 saturated heterocycles. The predicted octanol–water partition coefficient (Wildman–Crippen LogP) is 1.95. The van der Waals surface area contributed by atoms with Gasteiger partial charge in [-0.3, -0.25) is 0 Å². The molecule has 0 aromatic heterocycles. The average molecular weight is 372 g/mol. The molecule has 2 atom stereocenters. The summed E-state index contributed by atoms with van der Waals surface area (Å²) in [7, 11) is -3.51. The molecule has 2 aromatic rings. The topological polar surface area (TPSA) is 50.6 Å². The predicted molar refractivity (Wildman–Crippen MR) is 103 cm³/mol. The van der Waals surface area contributed by atoms with Crippen LogP contribution in [0.1, 0.15) is 36.9 Å². The van der Waals surface area contributed by atoms with Crippen LogP contribution in [-0.4, -0.2) is 27.5 Å². The zero-order valence-corrected chi connectivity index (χ0v) is 16.0. The molecule has 0 saturated carbocycles. The van der Waals surface area contributed by atoms with Gasteiger partial charge in [0.2, 0.25) is 10.0 Å². The van der Waals surface area contributed by atoms with Gasteiger partial charge in [-0.25, -0.2) is 13.1 Å². The lowest BCUT2D eigenvalue weighted by atomic mass is 9.95. The number of nitrogens with one attached hydrogen (secondary N) is 2. The van der Waals surface area contributed by atoms with Crippen LogP contribution in [0.2, 0.25) is 0 Å². The van der Waals surface area contributed by atoms with E-state index in [2.05, 4.69) is 35.9 Å². The number of hydrogen-bond donors (Lipinski definition) is 2. The first-order chi connectivity index (χ1) is 12.5. The molecule has 2 N–H and O–H groups in total. The Hall–Kier alpha value is -1.69. The van der Waals surface area contributed by atoms with E-state index in [1.807, 2.05) is 6.07 Å². The second kappa shape index (κ2) is 7.14. The van der Waals surface area contributed by atoms with E-state index in [9.17, 15) is 8.42 Å². The minimum atomic E-state index is -3.51. The van der Waals surface area contributed by atoms with Crippen molar-refractivity contribution in [3.63, 3.8) is 0 Å². The molecule has 4 rings (SSSR count). The third-order valence-corrected chi connectivity index (χ3v) is 7.45. The van der Waals surface area contributed by atoms with E-state index in [1.165, 1.54) is 28.9 Å². The summed E-state index contributed by atoms with van der Waals surface area (Å²) < 4.78 is 28.8. The van der Waals surface area contributed by atoms with Gasteiger partial charge in [-0.2, -0.15) is 0 Å². The van der Waals surface area contributed by atoms with E-state index in [0.717, 1.165) is 25.4 Å². The van der Waals surface area contributed by atoms with Crippen molar-refractivity contribution < 1.29 is 13.3 Å². The quantitative estimate of drug-likeness (QED) is 0.863. The maximum atomic E-state index is 12.9. The van der Waals surface area contributed by atoms with Crippen LogP contribution in [0.3, 0.4) is 0 Å². The second-order valence-corrected chi connectivity index (χ2v) is 9.48. The van der Waals surface area contributed by atoms with Crippen molar-refractivity contribution in [1.29, 1.82) is 0 Å². The van der Waals surface area contributed by atoms with Crippen molar-refractivity contribution in [2.45, 2.75) is 43.2 Å². The SMILES string of the molecule is CC1CC[NH+]([C@@H]2c3ccccc3C[C@@H]2NS(=O)(=O)c2ccccc2)CC1. The molecule has 1 heterocycles. The van der Waals surface area contributed by atoms with Crippen molar-refractivity contribution in [3.05, 3.63) is 65.7 Å². The molecule has 0 spiro atoms. The molecular weight excluding hydrogens is 344 g/mol. The van der Waals surface area contributed by atoms with Crippen molar-refractivity contribution in [3.8, 4) is 0 Å². The molecule has 5 heteroatoms. The molecule has 138 valence electrons. The lowest BCUT2D eigenvalue weighted by Crippen LogP contribution is -3.14. The van der Waals surface area contributed by atoms with Crippen LogP contribution in [0, 0.1) is 5.92 Å². The monoisotopic (exact) mass is 371 g/mol. The number of fused-ring (bicyclic) bond motifs is 1. The molecule has 0 unspecified atom stereocenters. The Kier molecular flexibility index (Phi) is 4.86.